The van der Waals surface area contributed by atoms with E-state index in [0.29, 0.717) is 18.3 Å². The van der Waals surface area contributed by atoms with Crippen LogP contribution in [-0.2, 0) is 16.6 Å². The van der Waals surface area contributed by atoms with E-state index < -0.39 is 10.0 Å². The van der Waals surface area contributed by atoms with Crippen molar-refractivity contribution in [1.29, 1.82) is 0 Å². The van der Waals surface area contributed by atoms with Crippen LogP contribution in [0.25, 0.3) is 5.69 Å². The Bertz CT molecular complexity index is 1070. The van der Waals surface area contributed by atoms with Gasteiger partial charge in [-0.3, -0.25) is 4.72 Å². The van der Waals surface area contributed by atoms with E-state index in [-0.39, 0.29) is 4.90 Å². The van der Waals surface area contributed by atoms with Crippen molar-refractivity contribution in [1.82, 2.24) is 9.88 Å². The Kier molecular flexibility index (Phi) is 6.78. The third-order valence-electron chi connectivity index (χ3n) is 6.11. The number of nitrogens with one attached hydrogen (secondary N) is 2. The van der Waals surface area contributed by atoms with Crippen LogP contribution in [0.3, 0.4) is 0 Å². The zero-order valence-corrected chi connectivity index (χ0v) is 18.8. The molecule has 5 nitrogen and oxygen atoms in total. The summed E-state index contributed by atoms with van der Waals surface area (Å²) in [6.07, 6.45) is 10.4. The molecule has 0 radical (unpaired) electrons. The van der Waals surface area contributed by atoms with Gasteiger partial charge in [-0.15, -0.1) is 0 Å². The molecule has 1 heterocycles. The fraction of sp³-hybridized carbons (Fsp3) is 0.360. The molecule has 0 spiro atoms. The lowest BCUT2D eigenvalue weighted by Gasteiger charge is -2.19. The van der Waals surface area contributed by atoms with Crippen molar-refractivity contribution < 1.29 is 8.42 Å². The number of para-hydroxylation sites is 1. The standard InChI is InChI=1S/C25H31N3O2S/c1-20(18-21-8-2-3-9-21)26-19-22-10-4-5-11-25(22)27-31(29,30)24-14-12-23(13-15-24)28-16-6-7-17-28/h4-7,10-17,20-21,26-27H,2-3,8-9,18-19H2,1H3/t20-/m0/s1. The van der Waals surface area contributed by atoms with E-state index in [2.05, 4.69) is 17.0 Å². The lowest BCUT2D eigenvalue weighted by atomic mass is 9.99. The molecule has 164 valence electrons. The molecular weight excluding hydrogens is 406 g/mol. The Balaban J connectivity index is 1.42. The second-order valence-corrected chi connectivity index (χ2v) is 10.2. The van der Waals surface area contributed by atoms with Crippen molar-refractivity contribution in [2.45, 2.75) is 56.5 Å². The normalized spacial score (nSPS) is 15.8. The van der Waals surface area contributed by atoms with Gasteiger partial charge in [0, 0.05) is 30.7 Å². The molecule has 0 bridgehead atoms. The van der Waals surface area contributed by atoms with Crippen LogP contribution in [0.4, 0.5) is 5.69 Å². The summed E-state index contributed by atoms with van der Waals surface area (Å²) in [7, 11) is -3.67. The monoisotopic (exact) mass is 437 g/mol. The molecule has 3 aromatic rings. The summed E-state index contributed by atoms with van der Waals surface area (Å²) in [6, 6.07) is 18.8. The van der Waals surface area contributed by atoms with E-state index in [9.17, 15) is 8.42 Å². The van der Waals surface area contributed by atoms with Gasteiger partial charge >= 0.3 is 0 Å². The molecule has 6 heteroatoms. The van der Waals surface area contributed by atoms with Gasteiger partial charge in [0.25, 0.3) is 10.0 Å². The maximum Gasteiger partial charge on any atom is 0.261 e. The van der Waals surface area contributed by atoms with Gasteiger partial charge in [-0.1, -0.05) is 43.9 Å². The van der Waals surface area contributed by atoms with Crippen LogP contribution >= 0.6 is 0 Å². The summed E-state index contributed by atoms with van der Waals surface area (Å²) in [5.41, 5.74) is 2.50. The van der Waals surface area contributed by atoms with Crippen molar-refractivity contribution in [2.75, 3.05) is 4.72 Å². The Hall–Kier alpha value is -2.57. The smallest absolute Gasteiger partial charge is 0.261 e. The van der Waals surface area contributed by atoms with Crippen LogP contribution in [-0.4, -0.2) is 19.0 Å². The highest BCUT2D eigenvalue weighted by Gasteiger charge is 2.19. The minimum Gasteiger partial charge on any atom is -0.324 e. The summed E-state index contributed by atoms with van der Waals surface area (Å²) in [5.74, 6) is 0.825. The van der Waals surface area contributed by atoms with Crippen molar-refractivity contribution in [2.24, 2.45) is 5.92 Å². The van der Waals surface area contributed by atoms with Gasteiger partial charge in [0.1, 0.15) is 0 Å². The lowest BCUT2D eigenvalue weighted by Crippen LogP contribution is -2.28. The van der Waals surface area contributed by atoms with Crippen molar-refractivity contribution in [3.8, 4) is 5.69 Å². The molecule has 1 saturated carbocycles. The second-order valence-electron chi connectivity index (χ2n) is 8.51. The third-order valence-corrected chi connectivity index (χ3v) is 7.50. The molecular formula is C25H31N3O2S. The average molecular weight is 438 g/mol. The van der Waals surface area contributed by atoms with E-state index in [1.807, 2.05) is 65.5 Å². The van der Waals surface area contributed by atoms with E-state index in [1.54, 1.807) is 12.1 Å². The number of benzene rings is 2. The maximum absolute atomic E-state index is 13.0. The summed E-state index contributed by atoms with van der Waals surface area (Å²) in [4.78, 5) is 0.251. The first-order chi connectivity index (χ1) is 15.0. The van der Waals surface area contributed by atoms with Crippen molar-refractivity contribution in [3.05, 3.63) is 78.6 Å². The lowest BCUT2D eigenvalue weighted by molar-refractivity contribution is 0.404. The molecule has 2 N–H and O–H groups in total. The van der Waals surface area contributed by atoms with Crippen LogP contribution < -0.4 is 10.0 Å². The van der Waals surface area contributed by atoms with Gasteiger partial charge in [0.15, 0.2) is 0 Å². The number of hydrogen-bond donors (Lipinski definition) is 2. The van der Waals surface area contributed by atoms with Gasteiger partial charge in [-0.2, -0.15) is 0 Å². The highest BCUT2D eigenvalue weighted by atomic mass is 32.2. The van der Waals surface area contributed by atoms with Crippen LogP contribution in [0.15, 0.2) is 78.0 Å². The van der Waals surface area contributed by atoms with E-state index in [4.69, 9.17) is 0 Å². The number of aromatic nitrogens is 1. The SMILES string of the molecule is C[C@@H](CC1CCCC1)NCc1ccccc1NS(=O)(=O)c1ccc(-n2cccc2)cc1. The summed E-state index contributed by atoms with van der Waals surface area (Å²) in [5, 5.41) is 3.58. The first kappa shape index (κ1) is 21.7. The third kappa shape index (κ3) is 5.57. The number of rotatable bonds is 9. The van der Waals surface area contributed by atoms with Crippen LogP contribution in [0.2, 0.25) is 0 Å². The Morgan fingerprint density at radius 3 is 2.35 bits per heavy atom. The van der Waals surface area contributed by atoms with E-state index in [1.165, 1.54) is 32.1 Å². The predicted octanol–water partition coefficient (Wildman–Crippen LogP) is 5.34. The number of nitrogens with zero attached hydrogens (tertiary/aromatic N) is 1. The number of sulfonamides is 1. The zero-order chi connectivity index (χ0) is 21.7. The minimum atomic E-state index is -3.67. The first-order valence-electron chi connectivity index (χ1n) is 11.1. The molecule has 0 saturated heterocycles. The van der Waals surface area contributed by atoms with Gasteiger partial charge in [-0.25, -0.2) is 8.42 Å². The molecule has 0 aliphatic heterocycles. The molecule has 1 aliphatic carbocycles. The highest BCUT2D eigenvalue weighted by Crippen LogP contribution is 2.28. The Labute approximate surface area is 185 Å². The van der Waals surface area contributed by atoms with Crippen LogP contribution in [0.1, 0.15) is 44.6 Å². The van der Waals surface area contributed by atoms with Gasteiger partial charge in [-0.05, 0) is 67.3 Å². The summed E-state index contributed by atoms with van der Waals surface area (Å²) >= 11 is 0. The zero-order valence-electron chi connectivity index (χ0n) is 18.0. The fourth-order valence-corrected chi connectivity index (χ4v) is 5.50. The van der Waals surface area contributed by atoms with E-state index >= 15 is 0 Å². The number of anilines is 1. The predicted molar refractivity (Wildman–Crippen MR) is 126 cm³/mol. The number of hydrogen-bond acceptors (Lipinski definition) is 3. The van der Waals surface area contributed by atoms with Gasteiger partial charge < -0.3 is 9.88 Å². The summed E-state index contributed by atoms with van der Waals surface area (Å²) in [6.45, 7) is 2.86. The molecule has 0 unspecified atom stereocenters. The maximum atomic E-state index is 13.0. The second kappa shape index (κ2) is 9.71. The van der Waals surface area contributed by atoms with Crippen molar-refractivity contribution >= 4 is 15.7 Å². The first-order valence-corrected chi connectivity index (χ1v) is 12.6. The molecule has 1 fully saturated rings. The van der Waals surface area contributed by atoms with Gasteiger partial charge in [0.05, 0.1) is 10.6 Å². The summed E-state index contributed by atoms with van der Waals surface area (Å²) < 4.78 is 30.7. The molecule has 4 rings (SSSR count). The quantitative estimate of drug-likeness (QED) is 0.475. The molecule has 1 atom stereocenters. The average Bonchev–Trinajstić information content (AvgIpc) is 3.47. The highest BCUT2D eigenvalue weighted by molar-refractivity contribution is 7.92. The minimum absolute atomic E-state index is 0.251. The van der Waals surface area contributed by atoms with Crippen LogP contribution in [0.5, 0.6) is 0 Å². The Morgan fingerprint density at radius 1 is 0.968 bits per heavy atom. The molecule has 0 amide bonds. The molecule has 31 heavy (non-hydrogen) atoms. The topological polar surface area (TPSA) is 63.1 Å². The van der Waals surface area contributed by atoms with Gasteiger partial charge in [0.2, 0.25) is 0 Å². The molecule has 2 aromatic carbocycles. The van der Waals surface area contributed by atoms with Crippen LogP contribution in [0, 0.1) is 5.92 Å². The van der Waals surface area contributed by atoms with Crippen molar-refractivity contribution in [3.63, 3.8) is 0 Å². The molecule has 1 aliphatic rings. The fourth-order valence-electron chi connectivity index (χ4n) is 4.40. The van der Waals surface area contributed by atoms with E-state index in [0.717, 1.165) is 17.2 Å². The Morgan fingerprint density at radius 2 is 1.65 bits per heavy atom. The largest absolute Gasteiger partial charge is 0.324 e. The molecule has 1 aromatic heterocycles.